The molecule has 2 aromatic rings. The van der Waals surface area contributed by atoms with E-state index >= 15 is 0 Å². The predicted octanol–water partition coefficient (Wildman–Crippen LogP) is 3.83. The molecule has 1 unspecified atom stereocenters. The van der Waals surface area contributed by atoms with Gasteiger partial charge in [-0.2, -0.15) is 0 Å². The van der Waals surface area contributed by atoms with Crippen LogP contribution in [0.25, 0.3) is 10.4 Å². The number of carbonyl (C=O) groups excluding carboxylic acids is 1. The average Bonchev–Trinajstić information content (AvgIpc) is 3.43. The molecule has 1 amide bonds. The maximum absolute atomic E-state index is 13.1. The van der Waals surface area contributed by atoms with Crippen LogP contribution in [0.2, 0.25) is 0 Å². The zero-order valence-electron chi connectivity index (χ0n) is 18.7. The number of anilines is 1. The van der Waals surface area contributed by atoms with E-state index in [2.05, 4.69) is 20.3 Å². The number of piperidine rings is 1. The number of nitrogens with one attached hydrogen (secondary N) is 3. The van der Waals surface area contributed by atoms with Gasteiger partial charge >= 0.3 is 0 Å². The molecule has 1 saturated heterocycles. The van der Waals surface area contributed by atoms with Crippen molar-refractivity contribution in [2.45, 2.75) is 57.3 Å². The molecule has 1 saturated carbocycles. The van der Waals surface area contributed by atoms with Gasteiger partial charge in [-0.1, -0.05) is 36.3 Å². The lowest BCUT2D eigenvalue weighted by Gasteiger charge is -2.23. The van der Waals surface area contributed by atoms with Crippen molar-refractivity contribution in [3.8, 4) is 10.4 Å². The number of rotatable bonds is 7. The molecule has 2 fully saturated rings. The first-order chi connectivity index (χ1) is 15.3. The summed E-state index contributed by atoms with van der Waals surface area (Å²) < 4.78 is 28.9. The van der Waals surface area contributed by atoms with Crippen LogP contribution in [0.15, 0.2) is 23.1 Å². The normalized spacial score (nSPS) is 19.9. The second-order valence-electron chi connectivity index (χ2n) is 8.95. The second-order valence-corrected chi connectivity index (χ2v) is 11.7. The number of amides is 1. The molecule has 9 heteroatoms. The van der Waals surface area contributed by atoms with Gasteiger partial charge < -0.3 is 10.6 Å². The third kappa shape index (κ3) is 5.39. The van der Waals surface area contributed by atoms with Crippen molar-refractivity contribution in [3.63, 3.8) is 0 Å². The van der Waals surface area contributed by atoms with Crippen LogP contribution in [0.3, 0.4) is 0 Å². The van der Waals surface area contributed by atoms with Gasteiger partial charge in [0, 0.05) is 12.5 Å². The number of aryl methyl sites for hydroxylation is 2. The average molecular weight is 477 g/mol. The van der Waals surface area contributed by atoms with Crippen LogP contribution in [-0.4, -0.2) is 38.9 Å². The number of sulfonamides is 1. The summed E-state index contributed by atoms with van der Waals surface area (Å²) >= 11 is 1.39. The van der Waals surface area contributed by atoms with Crippen LogP contribution in [0, 0.1) is 25.7 Å². The first kappa shape index (κ1) is 23.4. The third-order valence-corrected chi connectivity index (χ3v) is 9.14. The Hall–Kier alpha value is -1.81. The van der Waals surface area contributed by atoms with E-state index < -0.39 is 10.0 Å². The van der Waals surface area contributed by atoms with Crippen LogP contribution in [0.4, 0.5) is 5.13 Å². The maximum Gasteiger partial charge on any atom is 0.240 e. The van der Waals surface area contributed by atoms with E-state index in [0.29, 0.717) is 28.1 Å². The van der Waals surface area contributed by atoms with Crippen LogP contribution >= 0.6 is 11.3 Å². The second kappa shape index (κ2) is 9.99. The number of thiazole rings is 1. The molecule has 2 heterocycles. The van der Waals surface area contributed by atoms with Gasteiger partial charge in [-0.25, -0.2) is 18.1 Å². The van der Waals surface area contributed by atoms with Crippen molar-refractivity contribution in [2.75, 3.05) is 25.0 Å². The molecular weight excluding hydrogens is 444 g/mol. The molecular formula is C23H32N4O3S2. The van der Waals surface area contributed by atoms with Crippen LogP contribution in [0.5, 0.6) is 0 Å². The predicted molar refractivity (Wildman–Crippen MR) is 128 cm³/mol. The lowest BCUT2D eigenvalue weighted by atomic mass is 10.0. The third-order valence-electron chi connectivity index (χ3n) is 6.45. The first-order valence-corrected chi connectivity index (χ1v) is 13.7. The van der Waals surface area contributed by atoms with E-state index in [1.165, 1.54) is 11.3 Å². The fourth-order valence-electron chi connectivity index (χ4n) is 4.55. The van der Waals surface area contributed by atoms with E-state index in [-0.39, 0.29) is 11.8 Å². The van der Waals surface area contributed by atoms with E-state index in [1.807, 2.05) is 26.0 Å². The molecule has 1 aliphatic carbocycles. The largest absolute Gasteiger partial charge is 0.316 e. The Morgan fingerprint density at radius 3 is 2.69 bits per heavy atom. The molecule has 0 radical (unpaired) electrons. The SMILES string of the molecule is Cc1ccc(-c2sc(NC(=O)C3CCCC3)nc2C)cc1S(=O)(=O)NCC1CCCNC1. The van der Waals surface area contributed by atoms with E-state index in [4.69, 9.17) is 0 Å². The Morgan fingerprint density at radius 2 is 1.97 bits per heavy atom. The number of aromatic nitrogens is 1. The number of hydrogen-bond acceptors (Lipinski definition) is 6. The van der Waals surface area contributed by atoms with Crippen molar-refractivity contribution in [2.24, 2.45) is 11.8 Å². The molecule has 4 rings (SSSR count). The van der Waals surface area contributed by atoms with Gasteiger partial charge in [-0.3, -0.25) is 4.79 Å². The zero-order valence-corrected chi connectivity index (χ0v) is 20.4. The number of hydrogen-bond donors (Lipinski definition) is 3. The van der Waals surface area contributed by atoms with Crippen molar-refractivity contribution in [3.05, 3.63) is 29.5 Å². The monoisotopic (exact) mass is 476 g/mol. The summed E-state index contributed by atoms with van der Waals surface area (Å²) in [6, 6.07) is 5.48. The topological polar surface area (TPSA) is 100 Å². The minimum absolute atomic E-state index is 0.0383. The van der Waals surface area contributed by atoms with Crippen LogP contribution in [-0.2, 0) is 14.8 Å². The molecule has 7 nitrogen and oxygen atoms in total. The Bertz CT molecular complexity index is 1070. The maximum atomic E-state index is 13.1. The highest BCUT2D eigenvalue weighted by Crippen LogP contribution is 2.35. The van der Waals surface area contributed by atoms with Crippen molar-refractivity contribution < 1.29 is 13.2 Å². The van der Waals surface area contributed by atoms with E-state index in [0.717, 1.165) is 67.7 Å². The standard InChI is InChI=1S/C23H32N4O3S2/c1-15-9-10-19(12-20(15)32(29,30)25-14-17-6-5-11-24-13-17)21-16(2)26-23(31-21)27-22(28)18-7-3-4-8-18/h9-10,12,17-18,24-25H,3-8,11,13-14H2,1-2H3,(H,26,27,28). The summed E-state index contributed by atoms with van der Waals surface area (Å²) in [5.41, 5.74) is 2.29. The molecule has 1 aromatic carbocycles. The minimum atomic E-state index is -3.62. The Morgan fingerprint density at radius 1 is 1.19 bits per heavy atom. The number of nitrogens with zero attached hydrogens (tertiary/aromatic N) is 1. The lowest BCUT2D eigenvalue weighted by molar-refractivity contribution is -0.119. The van der Waals surface area contributed by atoms with Crippen LogP contribution < -0.4 is 15.4 Å². The molecule has 3 N–H and O–H groups in total. The fourth-order valence-corrected chi connectivity index (χ4v) is 6.90. The van der Waals surface area contributed by atoms with Gasteiger partial charge in [0.1, 0.15) is 0 Å². The van der Waals surface area contributed by atoms with Crippen LogP contribution in [0.1, 0.15) is 49.8 Å². The minimum Gasteiger partial charge on any atom is -0.316 e. The molecule has 1 atom stereocenters. The Labute approximate surface area is 194 Å². The molecule has 0 spiro atoms. The number of benzene rings is 1. The first-order valence-electron chi connectivity index (χ1n) is 11.4. The molecule has 1 aromatic heterocycles. The molecule has 174 valence electrons. The summed E-state index contributed by atoms with van der Waals surface area (Å²) in [5.74, 6) is 0.428. The van der Waals surface area contributed by atoms with Crippen molar-refractivity contribution in [1.82, 2.24) is 15.0 Å². The van der Waals surface area contributed by atoms with Gasteiger partial charge in [-0.15, -0.1) is 0 Å². The fraction of sp³-hybridized carbons (Fsp3) is 0.565. The Balaban J connectivity index is 1.51. The van der Waals surface area contributed by atoms with Gasteiger partial charge in [0.25, 0.3) is 0 Å². The summed E-state index contributed by atoms with van der Waals surface area (Å²) in [5, 5.41) is 6.85. The smallest absolute Gasteiger partial charge is 0.240 e. The van der Waals surface area contributed by atoms with Gasteiger partial charge in [0.2, 0.25) is 15.9 Å². The van der Waals surface area contributed by atoms with Crippen molar-refractivity contribution >= 4 is 32.4 Å². The highest BCUT2D eigenvalue weighted by Gasteiger charge is 2.25. The highest BCUT2D eigenvalue weighted by molar-refractivity contribution is 7.89. The number of carbonyl (C=O) groups is 1. The van der Waals surface area contributed by atoms with E-state index in [1.54, 1.807) is 6.07 Å². The quantitative estimate of drug-likeness (QED) is 0.564. The van der Waals surface area contributed by atoms with Gasteiger partial charge in [-0.05, 0) is 75.7 Å². The summed E-state index contributed by atoms with van der Waals surface area (Å²) in [6.45, 7) is 5.99. The van der Waals surface area contributed by atoms with Gasteiger partial charge in [0.05, 0.1) is 15.5 Å². The molecule has 0 bridgehead atoms. The molecule has 32 heavy (non-hydrogen) atoms. The Kier molecular flexibility index (Phi) is 7.29. The lowest BCUT2D eigenvalue weighted by Crippen LogP contribution is -2.38. The van der Waals surface area contributed by atoms with Crippen molar-refractivity contribution in [1.29, 1.82) is 0 Å². The summed E-state index contributed by atoms with van der Waals surface area (Å²) in [6.07, 6.45) is 6.19. The summed E-state index contributed by atoms with van der Waals surface area (Å²) in [7, 11) is -3.62. The highest BCUT2D eigenvalue weighted by atomic mass is 32.2. The van der Waals surface area contributed by atoms with Gasteiger partial charge in [0.15, 0.2) is 5.13 Å². The molecule has 1 aliphatic heterocycles. The molecule has 2 aliphatic rings. The summed E-state index contributed by atoms with van der Waals surface area (Å²) in [4.78, 5) is 18.2. The van der Waals surface area contributed by atoms with E-state index in [9.17, 15) is 13.2 Å². The zero-order chi connectivity index (χ0) is 22.7.